The molecule has 1 aromatic heterocycles. The van der Waals surface area contributed by atoms with Crippen molar-refractivity contribution in [3.8, 4) is 5.75 Å². The number of benzene rings is 1. The summed E-state index contributed by atoms with van der Waals surface area (Å²) in [6.07, 6.45) is 3.33. The molecule has 2 rings (SSSR count). The van der Waals surface area contributed by atoms with E-state index < -0.39 is 0 Å². The Labute approximate surface area is 124 Å². The van der Waals surface area contributed by atoms with Gasteiger partial charge in [0.05, 0.1) is 5.02 Å². The van der Waals surface area contributed by atoms with E-state index in [9.17, 15) is 0 Å². The van der Waals surface area contributed by atoms with Crippen molar-refractivity contribution < 1.29 is 4.74 Å². The van der Waals surface area contributed by atoms with Crippen molar-refractivity contribution in [2.24, 2.45) is 0 Å². The molecular formula is C16H19ClN2O. The molecule has 4 heteroatoms. The lowest BCUT2D eigenvalue weighted by Crippen LogP contribution is -2.03. The third-order valence-corrected chi connectivity index (χ3v) is 3.60. The number of nitrogens with two attached hydrogens (primary N) is 1. The Balaban J connectivity index is 2.25. The Hall–Kier alpha value is -1.74. The zero-order valence-corrected chi connectivity index (χ0v) is 12.7. The first-order valence-electron chi connectivity index (χ1n) is 6.60. The fraction of sp³-hybridized carbons (Fsp3) is 0.312. The highest BCUT2D eigenvalue weighted by Gasteiger charge is 2.11. The van der Waals surface area contributed by atoms with Gasteiger partial charge in [-0.15, -0.1) is 0 Å². The van der Waals surface area contributed by atoms with Gasteiger partial charge in [0.2, 0.25) is 0 Å². The number of aryl methyl sites for hydroxylation is 1. The van der Waals surface area contributed by atoms with Crippen LogP contribution >= 0.6 is 11.6 Å². The highest BCUT2D eigenvalue weighted by atomic mass is 35.5. The molecule has 0 aliphatic carbocycles. The topological polar surface area (TPSA) is 48.1 Å². The predicted molar refractivity (Wildman–Crippen MR) is 83.3 cm³/mol. The van der Waals surface area contributed by atoms with Gasteiger partial charge in [0, 0.05) is 23.6 Å². The van der Waals surface area contributed by atoms with Crippen LogP contribution in [0.5, 0.6) is 5.75 Å². The second kappa shape index (κ2) is 6.14. The Kier molecular flexibility index (Phi) is 4.50. The number of pyridine rings is 1. The molecular weight excluding hydrogens is 272 g/mol. The Morgan fingerprint density at radius 2 is 2.10 bits per heavy atom. The molecule has 2 N–H and O–H groups in total. The van der Waals surface area contributed by atoms with Crippen LogP contribution in [-0.4, -0.2) is 4.98 Å². The molecule has 0 radical (unpaired) electrons. The van der Waals surface area contributed by atoms with E-state index in [1.54, 1.807) is 12.4 Å². The summed E-state index contributed by atoms with van der Waals surface area (Å²) >= 11 is 6.09. The van der Waals surface area contributed by atoms with Gasteiger partial charge < -0.3 is 10.5 Å². The summed E-state index contributed by atoms with van der Waals surface area (Å²) in [5.41, 5.74) is 9.82. The molecule has 1 heterocycles. The van der Waals surface area contributed by atoms with Crippen LogP contribution in [0, 0.1) is 6.92 Å². The molecule has 2 aromatic rings. The van der Waals surface area contributed by atoms with Gasteiger partial charge in [-0.2, -0.15) is 0 Å². The SMILES string of the molecule is Cc1cc(OCc2ccncc2Cl)c(C(C)C)cc1N. The normalized spacial score (nSPS) is 10.8. The summed E-state index contributed by atoms with van der Waals surface area (Å²) in [5.74, 6) is 1.21. The van der Waals surface area contributed by atoms with E-state index >= 15 is 0 Å². The van der Waals surface area contributed by atoms with Crippen LogP contribution in [0.3, 0.4) is 0 Å². The molecule has 0 saturated carbocycles. The van der Waals surface area contributed by atoms with Crippen molar-refractivity contribution >= 4 is 17.3 Å². The molecule has 0 aliphatic rings. The minimum absolute atomic E-state index is 0.348. The first-order chi connectivity index (χ1) is 9.49. The number of nitrogens with zero attached hydrogens (tertiary/aromatic N) is 1. The first-order valence-corrected chi connectivity index (χ1v) is 6.98. The fourth-order valence-electron chi connectivity index (χ4n) is 1.97. The lowest BCUT2D eigenvalue weighted by Gasteiger charge is -2.16. The quantitative estimate of drug-likeness (QED) is 0.853. The molecule has 20 heavy (non-hydrogen) atoms. The lowest BCUT2D eigenvalue weighted by molar-refractivity contribution is 0.301. The molecule has 0 fully saturated rings. The molecule has 0 atom stereocenters. The molecule has 106 valence electrons. The zero-order valence-electron chi connectivity index (χ0n) is 12.0. The smallest absolute Gasteiger partial charge is 0.123 e. The average molecular weight is 291 g/mol. The van der Waals surface area contributed by atoms with Crippen LogP contribution in [0.25, 0.3) is 0 Å². The molecule has 0 amide bonds. The number of rotatable bonds is 4. The Morgan fingerprint density at radius 1 is 1.35 bits per heavy atom. The van der Waals surface area contributed by atoms with Crippen molar-refractivity contribution in [2.45, 2.75) is 33.3 Å². The van der Waals surface area contributed by atoms with E-state index in [4.69, 9.17) is 22.1 Å². The van der Waals surface area contributed by atoms with E-state index in [1.807, 2.05) is 25.1 Å². The highest BCUT2D eigenvalue weighted by molar-refractivity contribution is 6.31. The van der Waals surface area contributed by atoms with Crippen molar-refractivity contribution in [1.82, 2.24) is 4.98 Å². The summed E-state index contributed by atoms with van der Waals surface area (Å²) in [7, 11) is 0. The number of hydrogen-bond donors (Lipinski definition) is 1. The number of aromatic nitrogens is 1. The number of hydrogen-bond acceptors (Lipinski definition) is 3. The van der Waals surface area contributed by atoms with Crippen molar-refractivity contribution in [2.75, 3.05) is 5.73 Å². The summed E-state index contributed by atoms with van der Waals surface area (Å²) in [5, 5.41) is 0.616. The minimum atomic E-state index is 0.348. The summed E-state index contributed by atoms with van der Waals surface area (Å²) < 4.78 is 5.93. The van der Waals surface area contributed by atoms with E-state index in [-0.39, 0.29) is 0 Å². The summed E-state index contributed by atoms with van der Waals surface area (Å²) in [6, 6.07) is 5.84. The molecule has 0 aliphatic heterocycles. The largest absolute Gasteiger partial charge is 0.489 e. The van der Waals surface area contributed by atoms with E-state index in [2.05, 4.69) is 18.8 Å². The standard InChI is InChI=1S/C16H19ClN2O/c1-10(2)13-7-15(18)11(3)6-16(13)20-9-12-4-5-19-8-14(12)17/h4-8,10H,9,18H2,1-3H3. The Morgan fingerprint density at radius 3 is 2.75 bits per heavy atom. The third-order valence-electron chi connectivity index (χ3n) is 3.26. The van der Waals surface area contributed by atoms with Crippen LogP contribution in [0.15, 0.2) is 30.6 Å². The molecule has 0 spiro atoms. The van der Waals surface area contributed by atoms with E-state index in [0.717, 1.165) is 28.1 Å². The van der Waals surface area contributed by atoms with Crippen LogP contribution in [-0.2, 0) is 6.61 Å². The van der Waals surface area contributed by atoms with E-state index in [0.29, 0.717) is 17.5 Å². The fourth-order valence-corrected chi connectivity index (χ4v) is 2.14. The number of ether oxygens (including phenoxy) is 1. The van der Waals surface area contributed by atoms with Crippen LogP contribution < -0.4 is 10.5 Å². The van der Waals surface area contributed by atoms with Gasteiger partial charge in [-0.3, -0.25) is 4.98 Å². The van der Waals surface area contributed by atoms with Gasteiger partial charge in [0.25, 0.3) is 0 Å². The Bertz CT molecular complexity index is 611. The van der Waals surface area contributed by atoms with Gasteiger partial charge >= 0.3 is 0 Å². The monoisotopic (exact) mass is 290 g/mol. The van der Waals surface area contributed by atoms with Crippen molar-refractivity contribution in [3.63, 3.8) is 0 Å². The summed E-state index contributed by atoms with van der Waals surface area (Å²) in [4.78, 5) is 3.97. The molecule has 3 nitrogen and oxygen atoms in total. The number of anilines is 1. The average Bonchev–Trinajstić information content (AvgIpc) is 2.41. The van der Waals surface area contributed by atoms with Crippen LogP contribution in [0.2, 0.25) is 5.02 Å². The number of nitrogen functional groups attached to an aromatic ring is 1. The first kappa shape index (κ1) is 14.7. The second-order valence-corrected chi connectivity index (χ2v) is 5.56. The van der Waals surface area contributed by atoms with Crippen molar-refractivity contribution in [1.29, 1.82) is 0 Å². The van der Waals surface area contributed by atoms with Gasteiger partial charge in [-0.05, 0) is 42.2 Å². The van der Waals surface area contributed by atoms with Crippen LogP contribution in [0.4, 0.5) is 5.69 Å². The maximum Gasteiger partial charge on any atom is 0.123 e. The molecule has 0 saturated heterocycles. The maximum absolute atomic E-state index is 6.09. The summed E-state index contributed by atoms with van der Waals surface area (Å²) in [6.45, 7) is 6.64. The van der Waals surface area contributed by atoms with E-state index in [1.165, 1.54) is 0 Å². The van der Waals surface area contributed by atoms with Gasteiger partial charge in [0.15, 0.2) is 0 Å². The lowest BCUT2D eigenvalue weighted by atomic mass is 9.99. The molecule has 1 aromatic carbocycles. The molecule has 0 bridgehead atoms. The minimum Gasteiger partial charge on any atom is -0.489 e. The second-order valence-electron chi connectivity index (χ2n) is 5.16. The number of halogens is 1. The van der Waals surface area contributed by atoms with Gasteiger partial charge in [-0.25, -0.2) is 0 Å². The van der Waals surface area contributed by atoms with Crippen LogP contribution in [0.1, 0.15) is 36.5 Å². The van der Waals surface area contributed by atoms with Gasteiger partial charge in [0.1, 0.15) is 12.4 Å². The van der Waals surface area contributed by atoms with Gasteiger partial charge in [-0.1, -0.05) is 25.4 Å². The van der Waals surface area contributed by atoms with Crippen molar-refractivity contribution in [3.05, 3.63) is 52.3 Å². The zero-order chi connectivity index (χ0) is 14.7. The third kappa shape index (κ3) is 3.23. The molecule has 0 unspecified atom stereocenters. The predicted octanol–water partition coefficient (Wildman–Crippen LogP) is 4.33. The highest BCUT2D eigenvalue weighted by Crippen LogP contribution is 2.31. The maximum atomic E-state index is 6.09.